The molecule has 0 aromatic heterocycles. The highest BCUT2D eigenvalue weighted by Crippen LogP contribution is 2.41. The maximum absolute atomic E-state index is 12.0. The van der Waals surface area contributed by atoms with Gasteiger partial charge in [0, 0.05) is 0 Å². The highest BCUT2D eigenvalue weighted by Gasteiger charge is 2.44. The van der Waals surface area contributed by atoms with Gasteiger partial charge in [-0.15, -0.1) is 0 Å². The van der Waals surface area contributed by atoms with Crippen LogP contribution < -0.4 is 0 Å². The third-order valence-corrected chi connectivity index (χ3v) is 3.80. The molecule has 0 spiro atoms. The number of Topliss-reactive ketones (excluding diaryl/α,β-unsaturated/α-hetero) is 1. The number of allylic oxidation sites excluding steroid dienone is 1. The molecule has 1 aliphatic carbocycles. The van der Waals surface area contributed by atoms with E-state index >= 15 is 0 Å². The van der Waals surface area contributed by atoms with Gasteiger partial charge in [-0.05, 0) is 59.0 Å². The standard InChI is InChI=1S/C16H24O3/c1-5-18-15-13(11(2)17)14(19-16(15,3)4)12-9-7-6-8-10-12/h9,14H,5-8,10H2,1-4H3/t14-/m0/s1. The normalized spacial score (nSPS) is 26.3. The quantitative estimate of drug-likeness (QED) is 0.728. The molecule has 0 bridgehead atoms. The number of hydrogen-bond acceptors (Lipinski definition) is 3. The molecular weight excluding hydrogens is 240 g/mol. The fourth-order valence-corrected chi connectivity index (χ4v) is 2.95. The summed E-state index contributed by atoms with van der Waals surface area (Å²) >= 11 is 0. The fourth-order valence-electron chi connectivity index (χ4n) is 2.95. The molecule has 0 fully saturated rings. The molecule has 0 saturated carbocycles. The summed E-state index contributed by atoms with van der Waals surface area (Å²) < 4.78 is 11.9. The van der Waals surface area contributed by atoms with Gasteiger partial charge in [-0.3, -0.25) is 4.79 Å². The molecule has 3 nitrogen and oxygen atoms in total. The SMILES string of the molecule is CCOC1=C(C(C)=O)[C@H](C2=CCCCC2)OC1(C)C. The highest BCUT2D eigenvalue weighted by molar-refractivity contribution is 5.96. The molecular formula is C16H24O3. The second-order valence-corrected chi connectivity index (χ2v) is 5.77. The first-order valence-electron chi connectivity index (χ1n) is 7.22. The number of carbonyl (C=O) groups is 1. The number of rotatable bonds is 4. The van der Waals surface area contributed by atoms with E-state index in [4.69, 9.17) is 9.47 Å². The Balaban J connectivity index is 2.40. The van der Waals surface area contributed by atoms with E-state index in [1.165, 1.54) is 18.4 Å². The van der Waals surface area contributed by atoms with Gasteiger partial charge in [-0.25, -0.2) is 0 Å². The van der Waals surface area contributed by atoms with E-state index in [1.807, 2.05) is 20.8 Å². The molecule has 106 valence electrons. The van der Waals surface area contributed by atoms with Crippen LogP contribution in [0.5, 0.6) is 0 Å². The van der Waals surface area contributed by atoms with Crippen LogP contribution in [0.15, 0.2) is 23.0 Å². The van der Waals surface area contributed by atoms with Gasteiger partial charge in [0.15, 0.2) is 5.78 Å². The van der Waals surface area contributed by atoms with Gasteiger partial charge in [-0.2, -0.15) is 0 Å². The van der Waals surface area contributed by atoms with E-state index in [9.17, 15) is 4.79 Å². The average molecular weight is 264 g/mol. The van der Waals surface area contributed by atoms with Crippen LogP contribution >= 0.6 is 0 Å². The Hall–Kier alpha value is -1.09. The van der Waals surface area contributed by atoms with Gasteiger partial charge in [-0.1, -0.05) is 6.08 Å². The minimum absolute atomic E-state index is 0.0606. The Bertz CT molecular complexity index is 429. The lowest BCUT2D eigenvalue weighted by atomic mass is 9.90. The van der Waals surface area contributed by atoms with E-state index in [-0.39, 0.29) is 11.9 Å². The predicted molar refractivity (Wildman–Crippen MR) is 74.8 cm³/mol. The minimum Gasteiger partial charge on any atom is -0.495 e. The monoisotopic (exact) mass is 264 g/mol. The molecule has 2 rings (SSSR count). The zero-order valence-electron chi connectivity index (χ0n) is 12.4. The van der Waals surface area contributed by atoms with Crippen molar-refractivity contribution in [3.8, 4) is 0 Å². The summed E-state index contributed by atoms with van der Waals surface area (Å²) in [7, 11) is 0. The number of ketones is 1. The first kappa shape index (κ1) is 14.3. The minimum atomic E-state index is -0.514. The average Bonchev–Trinajstić information content (AvgIpc) is 2.63. The lowest BCUT2D eigenvalue weighted by Crippen LogP contribution is -2.27. The summed E-state index contributed by atoms with van der Waals surface area (Å²) in [5, 5.41) is 0. The summed E-state index contributed by atoms with van der Waals surface area (Å²) in [6.07, 6.45) is 6.57. The molecule has 0 unspecified atom stereocenters. The molecule has 1 atom stereocenters. The molecule has 19 heavy (non-hydrogen) atoms. The van der Waals surface area contributed by atoms with Gasteiger partial charge in [0.1, 0.15) is 17.5 Å². The Morgan fingerprint density at radius 2 is 2.21 bits per heavy atom. The van der Waals surface area contributed by atoms with Crippen molar-refractivity contribution >= 4 is 5.78 Å². The molecule has 3 heteroatoms. The Kier molecular flexibility index (Phi) is 4.14. The van der Waals surface area contributed by atoms with Crippen LogP contribution in [0.25, 0.3) is 0 Å². The summed E-state index contributed by atoms with van der Waals surface area (Å²) in [4.78, 5) is 12.0. The van der Waals surface area contributed by atoms with Gasteiger partial charge in [0.05, 0.1) is 12.2 Å². The second-order valence-electron chi connectivity index (χ2n) is 5.77. The predicted octanol–water partition coefficient (Wildman–Crippen LogP) is 3.54. The molecule has 0 N–H and O–H groups in total. The Labute approximate surface area is 115 Å². The highest BCUT2D eigenvalue weighted by atomic mass is 16.6. The van der Waals surface area contributed by atoms with Crippen LogP contribution in [0.3, 0.4) is 0 Å². The third-order valence-electron chi connectivity index (χ3n) is 3.80. The topological polar surface area (TPSA) is 35.5 Å². The lowest BCUT2D eigenvalue weighted by molar-refractivity contribution is -0.114. The molecule has 2 aliphatic rings. The van der Waals surface area contributed by atoms with Crippen molar-refractivity contribution in [3.05, 3.63) is 23.0 Å². The van der Waals surface area contributed by atoms with Crippen LogP contribution in [-0.4, -0.2) is 24.1 Å². The molecule has 1 heterocycles. The van der Waals surface area contributed by atoms with E-state index in [0.717, 1.165) is 24.2 Å². The Morgan fingerprint density at radius 1 is 1.47 bits per heavy atom. The lowest BCUT2D eigenvalue weighted by Gasteiger charge is -2.25. The van der Waals surface area contributed by atoms with Crippen molar-refractivity contribution in [1.82, 2.24) is 0 Å². The van der Waals surface area contributed by atoms with Crippen molar-refractivity contribution < 1.29 is 14.3 Å². The van der Waals surface area contributed by atoms with Crippen LogP contribution in [0.2, 0.25) is 0 Å². The van der Waals surface area contributed by atoms with E-state index < -0.39 is 5.60 Å². The summed E-state index contributed by atoms with van der Waals surface area (Å²) in [6, 6.07) is 0. The van der Waals surface area contributed by atoms with Gasteiger partial charge in [0.25, 0.3) is 0 Å². The number of carbonyl (C=O) groups excluding carboxylic acids is 1. The van der Waals surface area contributed by atoms with Crippen molar-refractivity contribution in [3.63, 3.8) is 0 Å². The molecule has 0 radical (unpaired) electrons. The van der Waals surface area contributed by atoms with Crippen LogP contribution in [0, 0.1) is 0 Å². The molecule has 0 aromatic carbocycles. The van der Waals surface area contributed by atoms with Crippen molar-refractivity contribution in [2.24, 2.45) is 0 Å². The van der Waals surface area contributed by atoms with E-state index in [0.29, 0.717) is 6.61 Å². The van der Waals surface area contributed by atoms with Crippen molar-refractivity contribution in [1.29, 1.82) is 0 Å². The van der Waals surface area contributed by atoms with E-state index in [2.05, 4.69) is 6.08 Å². The maximum atomic E-state index is 12.0. The van der Waals surface area contributed by atoms with Crippen LogP contribution in [-0.2, 0) is 14.3 Å². The van der Waals surface area contributed by atoms with Gasteiger partial charge in [0.2, 0.25) is 0 Å². The van der Waals surface area contributed by atoms with Crippen molar-refractivity contribution in [2.45, 2.75) is 65.1 Å². The fraction of sp³-hybridized carbons (Fsp3) is 0.688. The maximum Gasteiger partial charge on any atom is 0.162 e. The van der Waals surface area contributed by atoms with Gasteiger partial charge < -0.3 is 9.47 Å². The number of ether oxygens (including phenoxy) is 2. The molecule has 0 amide bonds. The van der Waals surface area contributed by atoms with Crippen LogP contribution in [0.4, 0.5) is 0 Å². The zero-order valence-corrected chi connectivity index (χ0v) is 12.4. The number of hydrogen-bond donors (Lipinski definition) is 0. The summed E-state index contributed by atoms with van der Waals surface area (Å²) in [6.45, 7) is 8.06. The smallest absolute Gasteiger partial charge is 0.162 e. The van der Waals surface area contributed by atoms with Crippen molar-refractivity contribution in [2.75, 3.05) is 6.61 Å². The second kappa shape index (κ2) is 5.49. The first-order valence-corrected chi connectivity index (χ1v) is 7.22. The molecule has 0 aromatic rings. The largest absolute Gasteiger partial charge is 0.495 e. The molecule has 0 saturated heterocycles. The van der Waals surface area contributed by atoms with Crippen LogP contribution in [0.1, 0.15) is 53.4 Å². The summed E-state index contributed by atoms with van der Waals surface area (Å²) in [5.41, 5.74) is 1.46. The summed E-state index contributed by atoms with van der Waals surface area (Å²) in [5.74, 6) is 0.782. The van der Waals surface area contributed by atoms with Gasteiger partial charge >= 0.3 is 0 Å². The third kappa shape index (κ3) is 2.76. The Morgan fingerprint density at radius 3 is 2.74 bits per heavy atom. The zero-order chi connectivity index (χ0) is 14.0. The first-order chi connectivity index (χ1) is 8.97. The molecule has 1 aliphatic heterocycles. The van der Waals surface area contributed by atoms with E-state index in [1.54, 1.807) is 6.92 Å².